The predicted molar refractivity (Wildman–Crippen MR) is 178 cm³/mol. The van der Waals surface area contributed by atoms with Crippen LogP contribution in [-0.2, 0) is 36.8 Å². The van der Waals surface area contributed by atoms with Crippen molar-refractivity contribution >= 4 is 57.4 Å². The van der Waals surface area contributed by atoms with Gasteiger partial charge < -0.3 is 53.3 Å². The first-order chi connectivity index (χ1) is 22.9. The van der Waals surface area contributed by atoms with Crippen molar-refractivity contribution < 1.29 is 34.2 Å². The lowest BCUT2D eigenvalue weighted by molar-refractivity contribution is -0.142. The van der Waals surface area contributed by atoms with Crippen molar-refractivity contribution in [3.63, 3.8) is 0 Å². The largest absolute Gasteiger partial charge is 0.481 e. The average molecular weight is 662 g/mol. The number of benzene rings is 2. The molecule has 0 aliphatic rings. The Hall–Kier alpha value is -5.90. The minimum Gasteiger partial charge on any atom is -0.481 e. The Morgan fingerprint density at radius 2 is 1.23 bits per heavy atom. The van der Waals surface area contributed by atoms with Crippen molar-refractivity contribution in [3.8, 4) is 0 Å². The molecule has 0 aliphatic carbocycles. The molecule has 13 N–H and O–H groups in total. The van der Waals surface area contributed by atoms with Crippen LogP contribution in [0.1, 0.15) is 30.4 Å². The van der Waals surface area contributed by atoms with E-state index in [0.717, 1.165) is 21.8 Å². The number of carboxylic acid groups (broad SMARTS) is 2. The number of hydrogen-bond donors (Lipinski definition) is 10. The highest BCUT2D eigenvalue weighted by atomic mass is 16.4. The molecule has 0 spiro atoms. The molecule has 254 valence electrons. The van der Waals surface area contributed by atoms with E-state index in [1.165, 1.54) is 0 Å². The quantitative estimate of drug-likeness (QED) is 0.0405. The Morgan fingerprint density at radius 1 is 0.729 bits per heavy atom. The van der Waals surface area contributed by atoms with Crippen LogP contribution in [0, 0.1) is 0 Å². The molecule has 3 amide bonds. The molecule has 16 nitrogen and oxygen atoms in total. The Bertz CT molecular complexity index is 1810. The predicted octanol–water partition coefficient (Wildman–Crippen LogP) is -0.171. The fourth-order valence-corrected chi connectivity index (χ4v) is 5.33. The summed E-state index contributed by atoms with van der Waals surface area (Å²) >= 11 is 0. The Labute approximate surface area is 274 Å². The van der Waals surface area contributed by atoms with Gasteiger partial charge in [0.2, 0.25) is 17.7 Å². The number of guanidine groups is 1. The van der Waals surface area contributed by atoms with Gasteiger partial charge >= 0.3 is 11.9 Å². The van der Waals surface area contributed by atoms with Crippen molar-refractivity contribution in [1.29, 1.82) is 0 Å². The lowest BCUT2D eigenvalue weighted by atomic mass is 10.0. The van der Waals surface area contributed by atoms with Crippen LogP contribution in [0.25, 0.3) is 21.8 Å². The van der Waals surface area contributed by atoms with Crippen LogP contribution < -0.4 is 33.2 Å². The zero-order valence-corrected chi connectivity index (χ0v) is 25.9. The van der Waals surface area contributed by atoms with Crippen LogP contribution in [0.2, 0.25) is 0 Å². The number of aliphatic imine (C=N–C) groups is 1. The fraction of sp³-hybridized carbons (Fsp3) is 0.312. The third kappa shape index (κ3) is 9.32. The molecule has 0 fully saturated rings. The maximum Gasteiger partial charge on any atom is 0.326 e. The van der Waals surface area contributed by atoms with Gasteiger partial charge in [-0.1, -0.05) is 36.4 Å². The van der Waals surface area contributed by atoms with Crippen molar-refractivity contribution in [2.75, 3.05) is 6.54 Å². The number of aromatic nitrogens is 2. The maximum atomic E-state index is 13.8. The first kappa shape index (κ1) is 35.0. The summed E-state index contributed by atoms with van der Waals surface area (Å²) < 4.78 is 0. The smallest absolute Gasteiger partial charge is 0.326 e. The third-order valence-electron chi connectivity index (χ3n) is 7.76. The van der Waals surface area contributed by atoms with Gasteiger partial charge in [0.15, 0.2) is 5.96 Å². The number of para-hydroxylation sites is 2. The molecular formula is C32H39N9O7. The van der Waals surface area contributed by atoms with E-state index in [1.54, 1.807) is 12.4 Å². The molecule has 4 atom stereocenters. The summed E-state index contributed by atoms with van der Waals surface area (Å²) in [5.41, 5.74) is 19.5. The number of aromatic amines is 2. The molecule has 4 aromatic rings. The number of rotatable bonds is 17. The van der Waals surface area contributed by atoms with Gasteiger partial charge in [0.1, 0.15) is 18.1 Å². The second-order valence-electron chi connectivity index (χ2n) is 11.3. The van der Waals surface area contributed by atoms with Gasteiger partial charge in [-0.2, -0.15) is 0 Å². The summed E-state index contributed by atoms with van der Waals surface area (Å²) in [4.78, 5) is 73.8. The minimum absolute atomic E-state index is 0.0139. The fourth-order valence-electron chi connectivity index (χ4n) is 5.33. The highest BCUT2D eigenvalue weighted by molar-refractivity contribution is 5.95. The molecule has 48 heavy (non-hydrogen) atoms. The molecule has 4 unspecified atom stereocenters. The number of nitrogens with zero attached hydrogens (tertiary/aromatic N) is 1. The average Bonchev–Trinajstić information content (AvgIpc) is 3.65. The van der Waals surface area contributed by atoms with Gasteiger partial charge in [0, 0.05) is 53.6 Å². The normalized spacial score (nSPS) is 13.6. The summed E-state index contributed by atoms with van der Waals surface area (Å²) in [5.74, 6) is -5.18. The summed E-state index contributed by atoms with van der Waals surface area (Å²) in [6.45, 7) is 0.124. The second-order valence-corrected chi connectivity index (χ2v) is 11.3. The molecule has 2 heterocycles. The second kappa shape index (κ2) is 16.1. The lowest BCUT2D eigenvalue weighted by Gasteiger charge is -2.25. The Kier molecular flexibility index (Phi) is 11.7. The molecule has 0 radical (unpaired) electrons. The van der Waals surface area contributed by atoms with E-state index in [2.05, 4.69) is 30.9 Å². The van der Waals surface area contributed by atoms with Crippen LogP contribution in [-0.4, -0.2) is 86.5 Å². The zero-order valence-electron chi connectivity index (χ0n) is 25.9. The zero-order chi connectivity index (χ0) is 34.8. The maximum absolute atomic E-state index is 13.8. The van der Waals surface area contributed by atoms with E-state index in [1.807, 2.05) is 48.5 Å². The van der Waals surface area contributed by atoms with E-state index >= 15 is 0 Å². The summed E-state index contributed by atoms with van der Waals surface area (Å²) in [7, 11) is 0. The summed E-state index contributed by atoms with van der Waals surface area (Å²) in [6.07, 6.45) is 2.85. The van der Waals surface area contributed by atoms with E-state index in [4.69, 9.17) is 22.3 Å². The number of nitrogens with one attached hydrogen (secondary N) is 5. The SMILES string of the molecule is NC(N)=NCCCC(NC(=O)C(Cc1c[nH]c2ccccc12)NC(=O)C(N)CC(=O)O)C(=O)NC(Cc1c[nH]c2ccccc12)C(=O)O. The van der Waals surface area contributed by atoms with E-state index in [9.17, 15) is 29.1 Å². The topological polar surface area (TPSA) is 284 Å². The minimum atomic E-state index is -1.44. The van der Waals surface area contributed by atoms with E-state index < -0.39 is 60.2 Å². The number of carboxylic acids is 2. The molecule has 2 aromatic carbocycles. The highest BCUT2D eigenvalue weighted by Gasteiger charge is 2.31. The molecule has 0 aliphatic heterocycles. The van der Waals surface area contributed by atoms with E-state index in [-0.39, 0.29) is 38.2 Å². The van der Waals surface area contributed by atoms with Crippen molar-refractivity contribution in [1.82, 2.24) is 25.9 Å². The first-order valence-corrected chi connectivity index (χ1v) is 15.2. The molecule has 16 heteroatoms. The van der Waals surface area contributed by atoms with Crippen LogP contribution >= 0.6 is 0 Å². The Balaban J connectivity index is 1.57. The summed E-state index contributed by atoms with van der Waals surface area (Å²) in [6, 6.07) is 9.29. The van der Waals surface area contributed by atoms with Gasteiger partial charge in [0.25, 0.3) is 0 Å². The highest BCUT2D eigenvalue weighted by Crippen LogP contribution is 2.21. The number of aliphatic carboxylic acids is 2. The van der Waals surface area contributed by atoms with Gasteiger partial charge in [-0.3, -0.25) is 24.2 Å². The monoisotopic (exact) mass is 661 g/mol. The number of hydrogen-bond acceptors (Lipinski definition) is 7. The molecule has 2 aromatic heterocycles. The first-order valence-electron chi connectivity index (χ1n) is 15.2. The third-order valence-corrected chi connectivity index (χ3v) is 7.76. The number of H-pyrrole nitrogens is 2. The van der Waals surface area contributed by atoms with Gasteiger partial charge in [0.05, 0.1) is 12.5 Å². The van der Waals surface area contributed by atoms with Crippen LogP contribution in [0.5, 0.6) is 0 Å². The summed E-state index contributed by atoms with van der Waals surface area (Å²) in [5, 5.41) is 28.4. The van der Waals surface area contributed by atoms with Gasteiger partial charge in [-0.15, -0.1) is 0 Å². The lowest BCUT2D eigenvalue weighted by Crippen LogP contribution is -2.58. The number of carbonyl (C=O) groups excluding carboxylic acids is 3. The molecule has 4 rings (SSSR count). The Morgan fingerprint density at radius 3 is 1.77 bits per heavy atom. The number of fused-ring (bicyclic) bond motifs is 2. The van der Waals surface area contributed by atoms with Gasteiger partial charge in [-0.25, -0.2) is 4.79 Å². The molecule has 0 saturated heterocycles. The van der Waals surface area contributed by atoms with Crippen molar-refractivity contribution in [2.45, 2.75) is 56.3 Å². The van der Waals surface area contributed by atoms with Crippen LogP contribution in [0.3, 0.4) is 0 Å². The van der Waals surface area contributed by atoms with E-state index in [0.29, 0.717) is 11.1 Å². The number of nitrogens with two attached hydrogens (primary N) is 3. The number of carbonyl (C=O) groups is 5. The standard InChI is InChI=1S/C32H39N9O7/c33-21(14-27(42)43)28(44)40-25(12-17-15-37-22-8-3-1-6-19(17)22)30(46)39-24(10-5-11-36-32(34)35)29(45)41-26(31(47)48)13-18-16-38-23-9-4-2-7-20(18)23/h1-4,6-9,15-16,21,24-26,37-38H,5,10-14,33H2,(H,39,46)(H,40,44)(H,41,45)(H,42,43)(H,47,48)(H4,34,35,36). The molecular weight excluding hydrogens is 622 g/mol. The van der Waals surface area contributed by atoms with Crippen LogP contribution in [0.15, 0.2) is 65.9 Å². The number of amides is 3. The van der Waals surface area contributed by atoms with Crippen molar-refractivity contribution in [3.05, 3.63) is 72.1 Å². The molecule has 0 bridgehead atoms. The van der Waals surface area contributed by atoms with Crippen LogP contribution in [0.4, 0.5) is 0 Å². The van der Waals surface area contributed by atoms with Gasteiger partial charge in [-0.05, 0) is 36.1 Å². The van der Waals surface area contributed by atoms with Crippen molar-refractivity contribution in [2.24, 2.45) is 22.2 Å². The molecule has 0 saturated carbocycles.